The average Bonchev–Trinajstić information content (AvgIpc) is 3.19. The molecule has 0 aromatic carbocycles. The first kappa shape index (κ1) is 14.3. The highest BCUT2D eigenvalue weighted by atomic mass is 35.5. The minimum absolute atomic E-state index is 0.264. The van der Waals surface area contributed by atoms with Crippen LogP contribution in [0.2, 0.25) is 5.28 Å². The quantitative estimate of drug-likeness (QED) is 0.795. The molecule has 1 heterocycles. The lowest BCUT2D eigenvalue weighted by Gasteiger charge is -2.22. The van der Waals surface area contributed by atoms with Crippen LogP contribution in [-0.4, -0.2) is 34.6 Å². The van der Waals surface area contributed by atoms with Gasteiger partial charge in [-0.05, 0) is 43.2 Å². The molecule has 1 N–H and O–H groups in total. The molecule has 1 aliphatic rings. The summed E-state index contributed by atoms with van der Waals surface area (Å²) in [7, 11) is 0. The number of halogens is 1. The third kappa shape index (κ3) is 4.49. The minimum Gasteiger partial charge on any atom is -0.354 e. The van der Waals surface area contributed by atoms with Gasteiger partial charge in [-0.3, -0.25) is 0 Å². The summed E-state index contributed by atoms with van der Waals surface area (Å²) in [4.78, 5) is 15.1. The first-order valence-electron chi connectivity index (χ1n) is 7.13. The molecule has 1 aliphatic carbocycles. The predicted molar refractivity (Wildman–Crippen MR) is 78.8 cm³/mol. The van der Waals surface area contributed by atoms with Crippen molar-refractivity contribution in [3.8, 4) is 0 Å². The van der Waals surface area contributed by atoms with Crippen molar-refractivity contribution in [2.24, 2.45) is 5.92 Å². The molecular weight excluding hydrogens is 262 g/mol. The van der Waals surface area contributed by atoms with E-state index in [1.54, 1.807) is 0 Å². The number of anilines is 2. The zero-order valence-electron chi connectivity index (χ0n) is 11.7. The van der Waals surface area contributed by atoms with E-state index in [2.05, 4.69) is 39.0 Å². The van der Waals surface area contributed by atoms with Crippen LogP contribution in [0.1, 0.15) is 39.5 Å². The summed E-state index contributed by atoms with van der Waals surface area (Å²) in [5, 5.41) is 3.43. The van der Waals surface area contributed by atoms with Crippen LogP contribution >= 0.6 is 11.6 Å². The van der Waals surface area contributed by atoms with Gasteiger partial charge in [0.2, 0.25) is 17.2 Å². The summed E-state index contributed by atoms with van der Waals surface area (Å²) >= 11 is 6.00. The van der Waals surface area contributed by atoms with Crippen molar-refractivity contribution in [1.82, 2.24) is 15.0 Å². The Morgan fingerprint density at radius 2 is 2.00 bits per heavy atom. The van der Waals surface area contributed by atoms with Crippen LogP contribution in [0.4, 0.5) is 11.9 Å². The molecule has 0 aliphatic heterocycles. The molecule has 5 nitrogen and oxygen atoms in total. The molecule has 0 radical (unpaired) electrons. The maximum Gasteiger partial charge on any atom is 0.231 e. The zero-order valence-corrected chi connectivity index (χ0v) is 12.4. The van der Waals surface area contributed by atoms with Gasteiger partial charge in [0, 0.05) is 19.6 Å². The largest absolute Gasteiger partial charge is 0.354 e. The van der Waals surface area contributed by atoms with E-state index in [0.717, 1.165) is 38.4 Å². The van der Waals surface area contributed by atoms with E-state index >= 15 is 0 Å². The number of aromatic nitrogens is 3. The Bertz CT molecular complexity index is 408. The van der Waals surface area contributed by atoms with Crippen molar-refractivity contribution in [3.05, 3.63) is 5.28 Å². The maximum atomic E-state index is 6.00. The fraction of sp³-hybridized carbons (Fsp3) is 0.769. The number of hydrogen-bond acceptors (Lipinski definition) is 5. The molecule has 1 saturated carbocycles. The van der Waals surface area contributed by atoms with E-state index in [1.165, 1.54) is 12.8 Å². The smallest absolute Gasteiger partial charge is 0.231 e. The highest BCUT2D eigenvalue weighted by molar-refractivity contribution is 6.28. The summed E-state index contributed by atoms with van der Waals surface area (Å²) in [6, 6.07) is 0. The van der Waals surface area contributed by atoms with Crippen molar-refractivity contribution >= 4 is 23.5 Å². The van der Waals surface area contributed by atoms with Gasteiger partial charge in [0.25, 0.3) is 0 Å². The van der Waals surface area contributed by atoms with Gasteiger partial charge < -0.3 is 10.2 Å². The second-order valence-corrected chi connectivity index (χ2v) is 5.38. The van der Waals surface area contributed by atoms with E-state index in [-0.39, 0.29) is 5.28 Å². The van der Waals surface area contributed by atoms with Crippen LogP contribution in [0.15, 0.2) is 0 Å². The number of nitrogens with zero attached hydrogens (tertiary/aromatic N) is 4. The normalized spacial score (nSPS) is 14.5. The van der Waals surface area contributed by atoms with E-state index in [1.807, 2.05) is 0 Å². The Kier molecular flexibility index (Phi) is 5.19. The molecule has 0 amide bonds. The lowest BCUT2D eigenvalue weighted by atomic mass is 10.3. The molecule has 2 rings (SSSR count). The lowest BCUT2D eigenvalue weighted by molar-refractivity contribution is 0.686. The van der Waals surface area contributed by atoms with Crippen LogP contribution in [0.3, 0.4) is 0 Å². The topological polar surface area (TPSA) is 53.9 Å². The maximum absolute atomic E-state index is 6.00. The molecule has 6 heteroatoms. The van der Waals surface area contributed by atoms with Crippen molar-refractivity contribution in [2.75, 3.05) is 29.9 Å². The minimum atomic E-state index is 0.264. The number of hydrogen-bond donors (Lipinski definition) is 1. The fourth-order valence-electron chi connectivity index (χ4n) is 1.95. The third-order valence-corrected chi connectivity index (χ3v) is 3.25. The Labute approximate surface area is 119 Å². The third-order valence-electron chi connectivity index (χ3n) is 3.08. The van der Waals surface area contributed by atoms with Crippen LogP contribution in [0, 0.1) is 5.92 Å². The first-order chi connectivity index (χ1) is 9.22. The van der Waals surface area contributed by atoms with Crippen LogP contribution in [0.25, 0.3) is 0 Å². The van der Waals surface area contributed by atoms with Crippen molar-refractivity contribution in [3.63, 3.8) is 0 Å². The van der Waals surface area contributed by atoms with Crippen molar-refractivity contribution < 1.29 is 0 Å². The number of rotatable bonds is 8. The summed E-state index contributed by atoms with van der Waals surface area (Å²) < 4.78 is 0. The molecule has 19 heavy (non-hydrogen) atoms. The van der Waals surface area contributed by atoms with Crippen molar-refractivity contribution in [2.45, 2.75) is 39.5 Å². The van der Waals surface area contributed by atoms with Gasteiger partial charge in [-0.2, -0.15) is 15.0 Å². The zero-order chi connectivity index (χ0) is 13.7. The number of nitrogens with one attached hydrogen (secondary N) is 1. The first-order valence-corrected chi connectivity index (χ1v) is 7.51. The molecular formula is C13H22ClN5. The summed E-state index contributed by atoms with van der Waals surface area (Å²) in [6.45, 7) is 7.10. The molecule has 1 fully saturated rings. The van der Waals surface area contributed by atoms with Gasteiger partial charge in [-0.15, -0.1) is 0 Å². The van der Waals surface area contributed by atoms with Crippen LogP contribution in [0.5, 0.6) is 0 Å². The Hall–Kier alpha value is -1.10. The fourth-order valence-corrected chi connectivity index (χ4v) is 2.11. The van der Waals surface area contributed by atoms with Crippen molar-refractivity contribution in [1.29, 1.82) is 0 Å². The SMILES string of the molecule is CCCNc1nc(Cl)nc(N(CCC)CC2CC2)n1. The summed E-state index contributed by atoms with van der Waals surface area (Å²) in [6.07, 6.45) is 4.74. The summed E-state index contributed by atoms with van der Waals surface area (Å²) in [5.74, 6) is 2.08. The van der Waals surface area contributed by atoms with Gasteiger partial charge in [-0.1, -0.05) is 13.8 Å². The molecule has 0 atom stereocenters. The Balaban J connectivity index is 2.11. The van der Waals surface area contributed by atoms with E-state index in [4.69, 9.17) is 11.6 Å². The van der Waals surface area contributed by atoms with Gasteiger partial charge in [-0.25, -0.2) is 0 Å². The van der Waals surface area contributed by atoms with Gasteiger partial charge in [0.05, 0.1) is 0 Å². The highest BCUT2D eigenvalue weighted by Crippen LogP contribution is 2.31. The van der Waals surface area contributed by atoms with E-state index < -0.39 is 0 Å². The monoisotopic (exact) mass is 283 g/mol. The van der Waals surface area contributed by atoms with Gasteiger partial charge >= 0.3 is 0 Å². The average molecular weight is 284 g/mol. The molecule has 0 spiro atoms. The second-order valence-electron chi connectivity index (χ2n) is 5.04. The molecule has 1 aromatic rings. The highest BCUT2D eigenvalue weighted by Gasteiger charge is 2.25. The van der Waals surface area contributed by atoms with Crippen LogP contribution in [-0.2, 0) is 0 Å². The van der Waals surface area contributed by atoms with Gasteiger partial charge in [0.15, 0.2) is 0 Å². The molecule has 1 aromatic heterocycles. The van der Waals surface area contributed by atoms with E-state index in [9.17, 15) is 0 Å². The molecule has 0 bridgehead atoms. The Morgan fingerprint density at radius 1 is 1.21 bits per heavy atom. The standard InChI is InChI=1S/C13H22ClN5/c1-3-7-15-12-16-11(14)17-13(18-12)19(8-4-2)9-10-5-6-10/h10H,3-9H2,1-2H3,(H,15,16,17,18). The predicted octanol–water partition coefficient (Wildman–Crippen LogP) is 2.97. The van der Waals surface area contributed by atoms with E-state index in [0.29, 0.717) is 11.9 Å². The van der Waals surface area contributed by atoms with Gasteiger partial charge in [0.1, 0.15) is 0 Å². The molecule has 0 unspecified atom stereocenters. The molecule has 106 valence electrons. The van der Waals surface area contributed by atoms with Crippen LogP contribution < -0.4 is 10.2 Å². The lowest BCUT2D eigenvalue weighted by Crippen LogP contribution is -2.29. The second kappa shape index (κ2) is 6.89. The summed E-state index contributed by atoms with van der Waals surface area (Å²) in [5.41, 5.74) is 0. The molecule has 0 saturated heterocycles. The Morgan fingerprint density at radius 3 is 2.63 bits per heavy atom.